The fraction of sp³-hybridized carbons (Fsp3) is 0.385. The van der Waals surface area contributed by atoms with E-state index in [-0.39, 0.29) is 0 Å². The van der Waals surface area contributed by atoms with Crippen molar-refractivity contribution < 1.29 is 4.57 Å². The van der Waals surface area contributed by atoms with E-state index in [1.165, 1.54) is 45.7 Å². The van der Waals surface area contributed by atoms with Crippen molar-refractivity contribution in [2.75, 3.05) is 0 Å². The van der Waals surface area contributed by atoms with E-state index in [1.807, 2.05) is 6.92 Å². The summed E-state index contributed by atoms with van der Waals surface area (Å²) in [5, 5.41) is 13.7. The molecule has 0 unspecified atom stereocenters. The molecule has 2 nitrogen and oxygen atoms in total. The van der Waals surface area contributed by atoms with Gasteiger partial charge >= 0.3 is 0 Å². The van der Waals surface area contributed by atoms with Gasteiger partial charge in [-0.25, -0.2) is 4.57 Å². The zero-order chi connectivity index (χ0) is 21.3. The number of nitriles is 1. The molecular formula is C26H33N2Si+. The highest BCUT2D eigenvalue weighted by Crippen LogP contribution is 2.32. The summed E-state index contributed by atoms with van der Waals surface area (Å²) in [6.45, 7) is 13.3. The molecule has 0 N–H and O–H groups in total. The lowest BCUT2D eigenvalue weighted by molar-refractivity contribution is -0.659. The lowest BCUT2D eigenvalue weighted by Gasteiger charge is -2.29. The highest BCUT2D eigenvalue weighted by Gasteiger charge is 2.30. The fourth-order valence-electron chi connectivity index (χ4n) is 4.90. The average Bonchev–Trinajstić information content (AvgIpc) is 2.73. The number of aromatic nitrogens is 1. The van der Waals surface area contributed by atoms with E-state index < -0.39 is 8.07 Å². The van der Waals surface area contributed by atoms with E-state index in [2.05, 4.69) is 88.8 Å². The normalized spacial score (nSPS) is 11.7. The predicted molar refractivity (Wildman–Crippen MR) is 126 cm³/mol. The smallest absolute Gasteiger partial charge is 0.200 e. The van der Waals surface area contributed by atoms with Gasteiger partial charge in [-0.1, -0.05) is 56.2 Å². The van der Waals surface area contributed by atoms with Crippen LogP contribution in [0.3, 0.4) is 0 Å². The van der Waals surface area contributed by atoms with Crippen molar-refractivity contribution in [2.24, 2.45) is 7.05 Å². The Labute approximate surface area is 176 Å². The van der Waals surface area contributed by atoms with Crippen molar-refractivity contribution in [1.29, 1.82) is 5.26 Å². The molecular weight excluding hydrogens is 368 g/mol. The van der Waals surface area contributed by atoms with Crippen LogP contribution < -0.4 is 9.75 Å². The number of hydrogen-bond donors (Lipinski definition) is 0. The maximum atomic E-state index is 9.54. The van der Waals surface area contributed by atoms with Crippen molar-refractivity contribution in [3.63, 3.8) is 0 Å². The molecule has 0 atom stereocenters. The maximum Gasteiger partial charge on any atom is 0.220 e. The molecule has 0 aliphatic carbocycles. The SMILES string of the molecule is CC[Si](CC)(CC)c1ccc2c(-c3cc(C)c(C#N)c(C)c3C)[n+](C)ccc2c1. The molecule has 1 heterocycles. The fourth-order valence-corrected chi connectivity index (χ4v) is 8.52. The summed E-state index contributed by atoms with van der Waals surface area (Å²) in [5.41, 5.74) is 6.60. The van der Waals surface area contributed by atoms with Gasteiger partial charge in [0.1, 0.15) is 7.05 Å². The minimum Gasteiger partial charge on any atom is -0.200 e. The molecule has 3 heteroatoms. The van der Waals surface area contributed by atoms with Crippen molar-refractivity contribution in [2.45, 2.75) is 59.7 Å². The monoisotopic (exact) mass is 401 g/mol. The van der Waals surface area contributed by atoms with Crippen LogP contribution in [0.2, 0.25) is 18.1 Å². The predicted octanol–water partition coefficient (Wildman–Crippen LogP) is 5.84. The number of nitrogens with zero attached hydrogens (tertiary/aromatic N) is 2. The van der Waals surface area contributed by atoms with Crippen LogP contribution in [0.5, 0.6) is 0 Å². The summed E-state index contributed by atoms with van der Waals surface area (Å²) < 4.78 is 2.22. The largest absolute Gasteiger partial charge is 0.220 e. The van der Waals surface area contributed by atoms with Gasteiger partial charge in [0.05, 0.1) is 30.7 Å². The Hall–Kier alpha value is -2.44. The lowest BCUT2D eigenvalue weighted by atomic mass is 9.91. The van der Waals surface area contributed by atoms with Gasteiger partial charge in [0.25, 0.3) is 0 Å². The van der Waals surface area contributed by atoms with Gasteiger partial charge in [-0.05, 0) is 55.0 Å². The van der Waals surface area contributed by atoms with Gasteiger partial charge in [-0.3, -0.25) is 0 Å². The first-order valence-corrected chi connectivity index (χ1v) is 13.4. The lowest BCUT2D eigenvalue weighted by Crippen LogP contribution is -2.45. The second kappa shape index (κ2) is 8.12. The van der Waals surface area contributed by atoms with Gasteiger partial charge in [0.15, 0.2) is 6.20 Å². The molecule has 0 saturated carbocycles. The second-order valence-corrected chi connectivity index (χ2v) is 13.7. The third-order valence-electron chi connectivity index (χ3n) is 7.24. The van der Waals surface area contributed by atoms with Crippen LogP contribution in [0, 0.1) is 32.1 Å². The zero-order valence-corrected chi connectivity index (χ0v) is 20.0. The number of hydrogen-bond acceptors (Lipinski definition) is 1. The number of benzene rings is 2. The molecule has 3 rings (SSSR count). The van der Waals surface area contributed by atoms with Gasteiger partial charge in [-0.15, -0.1) is 0 Å². The molecule has 0 saturated heterocycles. The summed E-state index contributed by atoms with van der Waals surface area (Å²) in [5.74, 6) is 0. The molecule has 1 aromatic heterocycles. The second-order valence-electron chi connectivity index (χ2n) is 8.40. The van der Waals surface area contributed by atoms with Crippen molar-refractivity contribution in [1.82, 2.24) is 0 Å². The number of pyridine rings is 1. The van der Waals surface area contributed by atoms with E-state index in [0.717, 1.165) is 16.7 Å². The first-order valence-electron chi connectivity index (χ1n) is 10.8. The van der Waals surface area contributed by atoms with Crippen LogP contribution in [0.25, 0.3) is 22.0 Å². The van der Waals surface area contributed by atoms with Crippen LogP contribution in [0.4, 0.5) is 0 Å². The molecule has 0 spiro atoms. The molecule has 0 bridgehead atoms. The molecule has 150 valence electrons. The van der Waals surface area contributed by atoms with E-state index in [1.54, 1.807) is 5.19 Å². The Morgan fingerprint density at radius 1 is 0.931 bits per heavy atom. The Morgan fingerprint density at radius 3 is 2.17 bits per heavy atom. The van der Waals surface area contributed by atoms with Crippen molar-refractivity contribution in [3.8, 4) is 17.3 Å². The third-order valence-corrected chi connectivity index (χ3v) is 12.8. The highest BCUT2D eigenvalue weighted by atomic mass is 28.3. The molecule has 0 aliphatic heterocycles. The van der Waals surface area contributed by atoms with Crippen LogP contribution >= 0.6 is 0 Å². The standard InChI is InChI=1S/C26H33N2Si/c1-8-29(9-2,10-3)22-11-12-23-21(16-22)13-14-28(7)26(23)24-15-18(4)25(17-27)20(6)19(24)5/h11-16H,8-10H2,1-7H3/q+1. The summed E-state index contributed by atoms with van der Waals surface area (Å²) in [4.78, 5) is 0. The molecule has 0 amide bonds. The number of aryl methyl sites for hydroxylation is 2. The van der Waals surface area contributed by atoms with Gasteiger partial charge in [-0.2, -0.15) is 5.26 Å². The Morgan fingerprint density at radius 2 is 1.59 bits per heavy atom. The topological polar surface area (TPSA) is 27.7 Å². The van der Waals surface area contributed by atoms with E-state index >= 15 is 0 Å². The minimum atomic E-state index is -1.41. The number of rotatable bonds is 5. The zero-order valence-electron chi connectivity index (χ0n) is 19.0. The number of fused-ring (bicyclic) bond motifs is 1. The van der Waals surface area contributed by atoms with E-state index in [0.29, 0.717) is 0 Å². The molecule has 3 aromatic rings. The quantitative estimate of drug-likeness (QED) is 0.389. The Bertz CT molecular complexity index is 1110. The Kier molecular flexibility index (Phi) is 5.96. The molecule has 0 radical (unpaired) electrons. The van der Waals surface area contributed by atoms with Gasteiger partial charge in [0, 0.05) is 6.07 Å². The van der Waals surface area contributed by atoms with Crippen LogP contribution in [0.15, 0.2) is 36.5 Å². The van der Waals surface area contributed by atoms with E-state index in [4.69, 9.17) is 0 Å². The summed E-state index contributed by atoms with van der Waals surface area (Å²) in [6, 6.07) is 17.9. The summed E-state index contributed by atoms with van der Waals surface area (Å²) in [7, 11) is 0.714. The molecule has 29 heavy (non-hydrogen) atoms. The first-order chi connectivity index (χ1) is 13.8. The van der Waals surface area contributed by atoms with Crippen LogP contribution in [0.1, 0.15) is 43.0 Å². The summed E-state index contributed by atoms with van der Waals surface area (Å²) >= 11 is 0. The Balaban J connectivity index is 2.31. The van der Waals surface area contributed by atoms with Crippen LogP contribution in [-0.2, 0) is 7.05 Å². The molecule has 0 fully saturated rings. The molecule has 2 aromatic carbocycles. The molecule has 0 aliphatic rings. The maximum absolute atomic E-state index is 9.54. The van der Waals surface area contributed by atoms with E-state index in [9.17, 15) is 5.26 Å². The van der Waals surface area contributed by atoms with Crippen LogP contribution in [-0.4, -0.2) is 8.07 Å². The van der Waals surface area contributed by atoms with Crippen molar-refractivity contribution in [3.05, 3.63) is 58.8 Å². The van der Waals surface area contributed by atoms with Gasteiger partial charge in [0.2, 0.25) is 5.69 Å². The first kappa shape index (κ1) is 21.3. The van der Waals surface area contributed by atoms with Crippen molar-refractivity contribution >= 4 is 24.0 Å². The highest BCUT2D eigenvalue weighted by molar-refractivity contribution is 6.91. The third kappa shape index (κ3) is 3.40. The summed E-state index contributed by atoms with van der Waals surface area (Å²) in [6.07, 6.45) is 2.18. The van der Waals surface area contributed by atoms with Gasteiger partial charge < -0.3 is 0 Å². The average molecular weight is 402 g/mol. The minimum absolute atomic E-state index is 0.807.